The van der Waals surface area contributed by atoms with E-state index in [1.807, 2.05) is 54.6 Å². The summed E-state index contributed by atoms with van der Waals surface area (Å²) in [6, 6.07) is 17.2. The van der Waals surface area contributed by atoms with Crippen molar-refractivity contribution in [1.29, 1.82) is 0 Å². The summed E-state index contributed by atoms with van der Waals surface area (Å²) in [5.41, 5.74) is 3.42. The highest BCUT2D eigenvalue weighted by Crippen LogP contribution is 2.18. The van der Waals surface area contributed by atoms with Gasteiger partial charge in [0.2, 0.25) is 5.91 Å². The summed E-state index contributed by atoms with van der Waals surface area (Å²) in [4.78, 5) is 29.8. The Labute approximate surface area is 162 Å². The molecule has 28 heavy (non-hydrogen) atoms. The molecule has 2 heterocycles. The third-order valence-corrected chi connectivity index (χ3v) is 4.52. The lowest BCUT2D eigenvalue weighted by molar-refractivity contribution is -0.111. The molecule has 0 atom stereocenters. The molecule has 6 nitrogen and oxygen atoms in total. The fraction of sp³-hybridized carbons (Fsp3) is 0.136. The average Bonchev–Trinajstić information content (AvgIpc) is 3.12. The predicted octanol–water partition coefficient (Wildman–Crippen LogP) is 3.84. The number of nitrogens with one attached hydrogen (secondary N) is 1. The number of ether oxygens (including phenoxy) is 1. The molecule has 140 valence electrons. The van der Waals surface area contributed by atoms with E-state index in [0.717, 1.165) is 22.0 Å². The largest absolute Gasteiger partial charge is 0.448 e. The summed E-state index contributed by atoms with van der Waals surface area (Å²) < 4.78 is 4.92. The first-order valence-electron chi connectivity index (χ1n) is 9.02. The monoisotopic (exact) mass is 373 g/mol. The normalized spacial score (nSPS) is 13.9. The Morgan fingerprint density at radius 1 is 1.14 bits per heavy atom. The maximum atomic E-state index is 12.2. The molecule has 1 fully saturated rings. The average molecular weight is 373 g/mol. The molecular formula is C22H19N3O3. The zero-order chi connectivity index (χ0) is 19.3. The second-order valence-corrected chi connectivity index (χ2v) is 6.48. The molecule has 1 saturated heterocycles. The highest BCUT2D eigenvalue weighted by molar-refractivity contribution is 6.03. The highest BCUT2D eigenvalue weighted by Gasteiger charge is 2.21. The van der Waals surface area contributed by atoms with E-state index in [-0.39, 0.29) is 12.0 Å². The molecule has 0 spiro atoms. The second-order valence-electron chi connectivity index (χ2n) is 6.48. The number of anilines is 1. The molecule has 0 bridgehead atoms. The Morgan fingerprint density at radius 2 is 1.96 bits per heavy atom. The van der Waals surface area contributed by atoms with Crippen LogP contribution in [0.15, 0.2) is 66.9 Å². The lowest BCUT2D eigenvalue weighted by Gasteiger charge is -2.12. The highest BCUT2D eigenvalue weighted by atomic mass is 16.6. The minimum Gasteiger partial charge on any atom is -0.448 e. The van der Waals surface area contributed by atoms with Gasteiger partial charge in [0.1, 0.15) is 6.61 Å². The molecule has 0 unspecified atom stereocenters. The number of rotatable bonds is 5. The van der Waals surface area contributed by atoms with Gasteiger partial charge in [0, 0.05) is 35.5 Å². The Kier molecular flexibility index (Phi) is 5.01. The number of para-hydroxylation sites is 1. The quantitative estimate of drug-likeness (QED) is 0.690. The smallest absolute Gasteiger partial charge is 0.410 e. The van der Waals surface area contributed by atoms with Gasteiger partial charge in [-0.2, -0.15) is 0 Å². The van der Waals surface area contributed by atoms with Crippen molar-refractivity contribution in [1.82, 2.24) is 9.88 Å². The van der Waals surface area contributed by atoms with Crippen LogP contribution < -0.4 is 5.32 Å². The number of carbonyl (C=O) groups is 2. The lowest BCUT2D eigenvalue weighted by atomic mass is 10.1. The Hall–Kier alpha value is -3.67. The molecule has 1 aliphatic heterocycles. The van der Waals surface area contributed by atoms with Crippen LogP contribution in [-0.2, 0) is 16.1 Å². The number of pyridine rings is 1. The van der Waals surface area contributed by atoms with Crippen molar-refractivity contribution in [2.75, 3.05) is 18.5 Å². The summed E-state index contributed by atoms with van der Waals surface area (Å²) in [5.74, 6) is -0.219. The van der Waals surface area contributed by atoms with E-state index in [1.54, 1.807) is 17.2 Å². The maximum absolute atomic E-state index is 12.2. The van der Waals surface area contributed by atoms with Crippen molar-refractivity contribution in [3.8, 4) is 0 Å². The molecule has 0 aliphatic carbocycles. The lowest BCUT2D eigenvalue weighted by Crippen LogP contribution is -2.23. The molecular weight excluding hydrogens is 354 g/mol. The molecule has 6 heteroatoms. The van der Waals surface area contributed by atoms with Crippen molar-refractivity contribution in [2.24, 2.45) is 0 Å². The van der Waals surface area contributed by atoms with Crippen molar-refractivity contribution >= 4 is 34.7 Å². The van der Waals surface area contributed by atoms with Gasteiger partial charge in [-0.05, 0) is 29.8 Å². The maximum Gasteiger partial charge on any atom is 0.410 e. The minimum atomic E-state index is -0.287. The summed E-state index contributed by atoms with van der Waals surface area (Å²) in [5, 5.41) is 3.87. The SMILES string of the molecule is O=C(C=Cc1cccc2cccnc12)Nc1ccc(CN2CCOC2=O)cc1. The Bertz CT molecular complexity index is 1040. The number of carbonyl (C=O) groups excluding carboxylic acids is 2. The molecule has 4 rings (SSSR count). The van der Waals surface area contributed by atoms with Gasteiger partial charge in [-0.1, -0.05) is 36.4 Å². The first kappa shape index (κ1) is 17.7. The second kappa shape index (κ2) is 7.92. The van der Waals surface area contributed by atoms with Gasteiger partial charge in [-0.25, -0.2) is 4.79 Å². The van der Waals surface area contributed by atoms with Gasteiger partial charge in [0.15, 0.2) is 0 Å². The van der Waals surface area contributed by atoms with Crippen LogP contribution in [0, 0.1) is 0 Å². The van der Waals surface area contributed by atoms with Crippen LogP contribution in [0.3, 0.4) is 0 Å². The molecule has 1 N–H and O–H groups in total. The number of amides is 2. The van der Waals surface area contributed by atoms with Crippen molar-refractivity contribution in [3.05, 3.63) is 78.0 Å². The van der Waals surface area contributed by atoms with E-state index in [0.29, 0.717) is 25.4 Å². The van der Waals surface area contributed by atoms with E-state index in [9.17, 15) is 9.59 Å². The van der Waals surface area contributed by atoms with Crippen molar-refractivity contribution in [3.63, 3.8) is 0 Å². The van der Waals surface area contributed by atoms with Crippen LogP contribution in [0.4, 0.5) is 10.5 Å². The van der Waals surface area contributed by atoms with Crippen LogP contribution in [-0.4, -0.2) is 35.0 Å². The van der Waals surface area contributed by atoms with Crippen LogP contribution >= 0.6 is 0 Å². The standard InChI is InChI=1S/C22H19N3O3/c26-20(11-8-18-4-1-3-17-5-2-12-23-21(17)18)24-19-9-6-16(7-10-19)15-25-13-14-28-22(25)27/h1-12H,13-15H2,(H,24,26). The van der Waals surface area contributed by atoms with Crippen LogP contribution in [0.5, 0.6) is 0 Å². The first-order valence-corrected chi connectivity index (χ1v) is 9.02. The number of fused-ring (bicyclic) bond motifs is 1. The molecule has 1 aromatic heterocycles. The Morgan fingerprint density at radius 3 is 2.75 bits per heavy atom. The van der Waals surface area contributed by atoms with E-state index < -0.39 is 0 Å². The first-order chi connectivity index (χ1) is 13.7. The van der Waals surface area contributed by atoms with E-state index in [1.165, 1.54) is 6.08 Å². The molecule has 2 amide bonds. The summed E-state index contributed by atoms with van der Waals surface area (Å²) >= 11 is 0. The zero-order valence-corrected chi connectivity index (χ0v) is 15.2. The number of hydrogen-bond donors (Lipinski definition) is 1. The van der Waals surface area contributed by atoms with Crippen LogP contribution in [0.1, 0.15) is 11.1 Å². The van der Waals surface area contributed by atoms with Gasteiger partial charge in [0.05, 0.1) is 12.1 Å². The van der Waals surface area contributed by atoms with Gasteiger partial charge in [-0.15, -0.1) is 0 Å². The molecule has 1 aliphatic rings. The number of benzene rings is 2. The minimum absolute atomic E-state index is 0.219. The third kappa shape index (κ3) is 4.01. The van der Waals surface area contributed by atoms with Crippen molar-refractivity contribution in [2.45, 2.75) is 6.54 Å². The van der Waals surface area contributed by atoms with E-state index in [2.05, 4.69) is 10.3 Å². The third-order valence-electron chi connectivity index (χ3n) is 4.52. The number of cyclic esters (lactones) is 1. The number of aromatic nitrogens is 1. The van der Waals surface area contributed by atoms with Crippen molar-refractivity contribution < 1.29 is 14.3 Å². The van der Waals surface area contributed by atoms with Gasteiger partial charge in [-0.3, -0.25) is 9.78 Å². The predicted molar refractivity (Wildman–Crippen MR) is 108 cm³/mol. The van der Waals surface area contributed by atoms with E-state index in [4.69, 9.17) is 4.74 Å². The zero-order valence-electron chi connectivity index (χ0n) is 15.2. The fourth-order valence-corrected chi connectivity index (χ4v) is 3.09. The summed E-state index contributed by atoms with van der Waals surface area (Å²) in [6.07, 6.45) is 4.71. The Balaban J connectivity index is 1.39. The summed E-state index contributed by atoms with van der Waals surface area (Å²) in [6.45, 7) is 1.54. The molecule has 0 radical (unpaired) electrons. The fourth-order valence-electron chi connectivity index (χ4n) is 3.09. The van der Waals surface area contributed by atoms with Gasteiger partial charge in [0.25, 0.3) is 0 Å². The van der Waals surface area contributed by atoms with Crippen LogP contribution in [0.2, 0.25) is 0 Å². The summed E-state index contributed by atoms with van der Waals surface area (Å²) in [7, 11) is 0. The molecule has 3 aromatic rings. The van der Waals surface area contributed by atoms with E-state index >= 15 is 0 Å². The number of nitrogens with zero attached hydrogens (tertiary/aromatic N) is 2. The molecule has 2 aromatic carbocycles. The van der Waals surface area contributed by atoms with Gasteiger partial charge < -0.3 is 15.0 Å². The van der Waals surface area contributed by atoms with Crippen LogP contribution in [0.25, 0.3) is 17.0 Å². The number of hydrogen-bond acceptors (Lipinski definition) is 4. The van der Waals surface area contributed by atoms with Gasteiger partial charge >= 0.3 is 6.09 Å². The topological polar surface area (TPSA) is 71.5 Å². The molecule has 0 saturated carbocycles.